The van der Waals surface area contributed by atoms with E-state index in [1.165, 1.54) is 22.0 Å². The molecule has 0 aromatic heterocycles. The summed E-state index contributed by atoms with van der Waals surface area (Å²) in [5.41, 5.74) is 0. The van der Waals surface area contributed by atoms with E-state index in [0.29, 0.717) is 26.3 Å². The Morgan fingerprint density at radius 1 is 1.00 bits per heavy atom. The molecule has 0 aliphatic rings. The fourth-order valence-electron chi connectivity index (χ4n) is 1.04. The Bertz CT molecular complexity index is 261. The van der Waals surface area contributed by atoms with Crippen molar-refractivity contribution < 1.29 is 14.3 Å². The van der Waals surface area contributed by atoms with Crippen LogP contribution in [0.2, 0.25) is 0 Å². The molecule has 17 heavy (non-hydrogen) atoms. The van der Waals surface area contributed by atoms with Crippen LogP contribution in [0.1, 0.15) is 0 Å². The third-order valence-electron chi connectivity index (χ3n) is 2.24. The van der Waals surface area contributed by atoms with Crippen LogP contribution in [-0.2, 0) is 14.3 Å². The van der Waals surface area contributed by atoms with E-state index in [4.69, 9.17) is 4.74 Å². The van der Waals surface area contributed by atoms with Crippen molar-refractivity contribution >= 4 is 11.8 Å². The Balaban J connectivity index is 3.59. The van der Waals surface area contributed by atoms with Crippen LogP contribution in [0.4, 0.5) is 0 Å². The molecule has 0 rings (SSSR count). The number of nitrogens with zero attached hydrogens (tertiary/aromatic N) is 2. The lowest BCUT2D eigenvalue weighted by Crippen LogP contribution is -2.31. The van der Waals surface area contributed by atoms with Crippen molar-refractivity contribution in [2.45, 2.75) is 0 Å². The zero-order chi connectivity index (χ0) is 13.3. The molecule has 0 spiro atoms. The van der Waals surface area contributed by atoms with Gasteiger partial charge in [0.15, 0.2) is 0 Å². The SMILES string of the molecule is C=CC(=O)N(C)CCOCCN(C)C(=O)C=C. The summed E-state index contributed by atoms with van der Waals surface area (Å²) in [6, 6.07) is 0. The molecule has 0 saturated heterocycles. The lowest BCUT2D eigenvalue weighted by Gasteiger charge is -2.17. The number of hydrogen-bond acceptors (Lipinski definition) is 3. The van der Waals surface area contributed by atoms with E-state index < -0.39 is 0 Å². The van der Waals surface area contributed by atoms with Crippen molar-refractivity contribution in [1.82, 2.24) is 9.80 Å². The van der Waals surface area contributed by atoms with Gasteiger partial charge < -0.3 is 14.5 Å². The molecule has 0 aromatic carbocycles. The van der Waals surface area contributed by atoms with Gasteiger partial charge >= 0.3 is 0 Å². The van der Waals surface area contributed by atoms with Gasteiger partial charge in [0, 0.05) is 27.2 Å². The molecule has 0 fully saturated rings. The van der Waals surface area contributed by atoms with Crippen LogP contribution >= 0.6 is 0 Å². The molecule has 5 nitrogen and oxygen atoms in total. The van der Waals surface area contributed by atoms with Gasteiger partial charge in [0.25, 0.3) is 0 Å². The van der Waals surface area contributed by atoms with E-state index in [0.717, 1.165) is 0 Å². The number of carbonyl (C=O) groups excluding carboxylic acids is 2. The maximum Gasteiger partial charge on any atom is 0.245 e. The highest BCUT2D eigenvalue weighted by molar-refractivity contribution is 5.87. The van der Waals surface area contributed by atoms with Gasteiger partial charge in [-0.15, -0.1) is 0 Å². The third kappa shape index (κ3) is 6.52. The molecule has 0 atom stereocenters. The summed E-state index contributed by atoms with van der Waals surface area (Å²) in [5.74, 6) is -0.264. The molecule has 96 valence electrons. The number of carbonyl (C=O) groups is 2. The molecule has 0 aromatic rings. The molecule has 5 heteroatoms. The maximum atomic E-state index is 11.1. The Morgan fingerprint density at radius 3 is 1.65 bits per heavy atom. The summed E-state index contributed by atoms with van der Waals surface area (Å²) < 4.78 is 5.31. The van der Waals surface area contributed by atoms with Crippen molar-refractivity contribution in [3.05, 3.63) is 25.3 Å². The molecule has 0 saturated carbocycles. The lowest BCUT2D eigenvalue weighted by atomic mass is 10.5. The monoisotopic (exact) mass is 240 g/mol. The Morgan fingerprint density at radius 2 is 1.35 bits per heavy atom. The van der Waals surface area contributed by atoms with Gasteiger partial charge in [-0.1, -0.05) is 13.2 Å². The van der Waals surface area contributed by atoms with Gasteiger partial charge in [-0.2, -0.15) is 0 Å². The molecule has 0 aliphatic heterocycles. The fourth-order valence-corrected chi connectivity index (χ4v) is 1.04. The van der Waals surface area contributed by atoms with E-state index in [2.05, 4.69) is 13.2 Å². The highest BCUT2D eigenvalue weighted by atomic mass is 16.5. The van der Waals surface area contributed by atoms with Crippen LogP contribution < -0.4 is 0 Å². The van der Waals surface area contributed by atoms with Crippen molar-refractivity contribution in [2.24, 2.45) is 0 Å². The second kappa shape index (κ2) is 8.52. The van der Waals surface area contributed by atoms with Gasteiger partial charge in [-0.05, 0) is 12.2 Å². The minimum atomic E-state index is -0.132. The normalized spacial score (nSPS) is 9.53. The Kier molecular flexibility index (Phi) is 7.71. The molecule has 0 heterocycles. The zero-order valence-electron chi connectivity index (χ0n) is 10.5. The van der Waals surface area contributed by atoms with Crippen molar-refractivity contribution in [1.29, 1.82) is 0 Å². The van der Waals surface area contributed by atoms with Gasteiger partial charge in [-0.3, -0.25) is 9.59 Å². The van der Waals surface area contributed by atoms with E-state index in [1.807, 2.05) is 0 Å². The number of rotatable bonds is 8. The number of amides is 2. The van der Waals surface area contributed by atoms with Gasteiger partial charge in [0.05, 0.1) is 13.2 Å². The summed E-state index contributed by atoms with van der Waals surface area (Å²) in [6.45, 7) is 8.67. The van der Waals surface area contributed by atoms with Crippen LogP contribution in [0, 0.1) is 0 Å². The highest BCUT2D eigenvalue weighted by Crippen LogP contribution is 1.89. The first-order valence-corrected chi connectivity index (χ1v) is 5.35. The average Bonchev–Trinajstić information content (AvgIpc) is 2.35. The van der Waals surface area contributed by atoms with Gasteiger partial charge in [-0.25, -0.2) is 0 Å². The predicted octanol–water partition coefficient (Wildman–Crippen LogP) is 0.292. The quantitative estimate of drug-likeness (QED) is 0.452. The van der Waals surface area contributed by atoms with E-state index in [1.54, 1.807) is 14.1 Å². The summed E-state index contributed by atoms with van der Waals surface area (Å²) in [6.07, 6.45) is 2.52. The van der Waals surface area contributed by atoms with Crippen molar-refractivity contribution in [3.8, 4) is 0 Å². The van der Waals surface area contributed by atoms with Gasteiger partial charge in [0.1, 0.15) is 0 Å². The Hall–Kier alpha value is -1.62. The zero-order valence-corrected chi connectivity index (χ0v) is 10.5. The second-order valence-electron chi connectivity index (χ2n) is 3.54. The standard InChI is InChI=1S/C12H20N2O3/c1-5-11(15)13(3)7-9-17-10-8-14(4)12(16)6-2/h5-6H,1-2,7-10H2,3-4H3. The highest BCUT2D eigenvalue weighted by Gasteiger charge is 2.05. The fraction of sp³-hybridized carbons (Fsp3) is 0.500. The molecule has 0 radical (unpaired) electrons. The maximum absolute atomic E-state index is 11.1. The molecule has 0 aliphatic carbocycles. The number of ether oxygens (including phenoxy) is 1. The summed E-state index contributed by atoms with van der Waals surface area (Å²) in [7, 11) is 3.36. The summed E-state index contributed by atoms with van der Waals surface area (Å²) in [5, 5.41) is 0. The first-order chi connectivity index (χ1) is 8.02. The first kappa shape index (κ1) is 15.4. The topological polar surface area (TPSA) is 49.9 Å². The molecular weight excluding hydrogens is 220 g/mol. The minimum Gasteiger partial charge on any atom is -0.378 e. The smallest absolute Gasteiger partial charge is 0.245 e. The van der Waals surface area contributed by atoms with Crippen LogP contribution in [0.3, 0.4) is 0 Å². The van der Waals surface area contributed by atoms with Crippen molar-refractivity contribution in [3.63, 3.8) is 0 Å². The van der Waals surface area contributed by atoms with Crippen LogP contribution in [0.25, 0.3) is 0 Å². The van der Waals surface area contributed by atoms with E-state index in [9.17, 15) is 9.59 Å². The van der Waals surface area contributed by atoms with E-state index >= 15 is 0 Å². The van der Waals surface area contributed by atoms with Gasteiger partial charge in [0.2, 0.25) is 11.8 Å². The number of likely N-dealkylation sites (N-methyl/N-ethyl adjacent to an activating group) is 2. The molecule has 0 N–H and O–H groups in total. The first-order valence-electron chi connectivity index (χ1n) is 5.35. The van der Waals surface area contributed by atoms with Crippen molar-refractivity contribution in [2.75, 3.05) is 40.4 Å². The number of hydrogen-bond donors (Lipinski definition) is 0. The molecule has 0 unspecified atom stereocenters. The van der Waals surface area contributed by atoms with Crippen LogP contribution in [0.5, 0.6) is 0 Å². The lowest BCUT2D eigenvalue weighted by molar-refractivity contribution is -0.125. The van der Waals surface area contributed by atoms with E-state index in [-0.39, 0.29) is 11.8 Å². The molecular formula is C12H20N2O3. The summed E-state index contributed by atoms with van der Waals surface area (Å²) >= 11 is 0. The third-order valence-corrected chi connectivity index (χ3v) is 2.24. The Labute approximate surface area is 102 Å². The molecule has 2 amide bonds. The van der Waals surface area contributed by atoms with Crippen LogP contribution in [0.15, 0.2) is 25.3 Å². The largest absolute Gasteiger partial charge is 0.378 e. The second-order valence-corrected chi connectivity index (χ2v) is 3.54. The average molecular weight is 240 g/mol. The predicted molar refractivity (Wildman–Crippen MR) is 66.5 cm³/mol. The minimum absolute atomic E-state index is 0.132. The molecule has 0 bridgehead atoms. The van der Waals surface area contributed by atoms with Crippen LogP contribution in [-0.4, -0.2) is 62.0 Å². The summed E-state index contributed by atoms with van der Waals surface area (Å²) in [4.78, 5) is 25.2.